The summed E-state index contributed by atoms with van der Waals surface area (Å²) in [5.74, 6) is 1.03. The van der Waals surface area contributed by atoms with Crippen LogP contribution in [0.1, 0.15) is 44.3 Å². The van der Waals surface area contributed by atoms with Crippen molar-refractivity contribution in [2.45, 2.75) is 32.7 Å². The largest absolute Gasteiger partial charge is 0.447 e. The zero-order chi connectivity index (χ0) is 8.43. The minimum absolute atomic E-state index is 0.109. The van der Waals surface area contributed by atoms with E-state index in [0.29, 0.717) is 11.8 Å². The number of hydrogen-bond acceptors (Lipinski definition) is 3. The van der Waals surface area contributed by atoms with Gasteiger partial charge in [-0.3, -0.25) is 0 Å². The minimum Gasteiger partial charge on any atom is -0.447 e. The van der Waals surface area contributed by atoms with Crippen LogP contribution in [0.4, 0.5) is 0 Å². The fourth-order valence-electron chi connectivity index (χ4n) is 0.775. The molecule has 0 unspecified atom stereocenters. The lowest BCUT2D eigenvalue weighted by molar-refractivity contribution is 0.463. The van der Waals surface area contributed by atoms with Gasteiger partial charge in [-0.1, -0.05) is 13.8 Å². The molecule has 0 aliphatic heterocycles. The summed E-state index contributed by atoms with van der Waals surface area (Å²) in [4.78, 5) is 4.22. The Morgan fingerprint density at radius 2 is 2.09 bits per heavy atom. The van der Waals surface area contributed by atoms with Gasteiger partial charge in [0.1, 0.15) is 6.26 Å². The Bertz CT molecular complexity index is 205. The third-order valence-corrected chi connectivity index (χ3v) is 1.52. The maximum Gasteiger partial charge on any atom is 0.210 e. The Morgan fingerprint density at radius 1 is 1.45 bits per heavy atom. The first-order valence-corrected chi connectivity index (χ1v) is 3.82. The van der Waals surface area contributed by atoms with E-state index in [4.69, 9.17) is 10.2 Å². The molecule has 2 N–H and O–H groups in total. The molecule has 3 nitrogen and oxygen atoms in total. The third kappa shape index (κ3) is 1.80. The Labute approximate surface area is 66.6 Å². The maximum atomic E-state index is 5.57. The second-order valence-electron chi connectivity index (χ2n) is 3.05. The Balaban J connectivity index is 2.82. The van der Waals surface area contributed by atoms with E-state index in [9.17, 15) is 0 Å². The SMILES string of the molecule is CC(C)c1coc([C@H](C)N)n1. The number of oxazole rings is 1. The average molecular weight is 154 g/mol. The Kier molecular flexibility index (Phi) is 2.29. The van der Waals surface area contributed by atoms with Gasteiger partial charge >= 0.3 is 0 Å². The van der Waals surface area contributed by atoms with Crippen LogP contribution in [0.2, 0.25) is 0 Å². The van der Waals surface area contributed by atoms with E-state index in [2.05, 4.69) is 18.8 Å². The van der Waals surface area contributed by atoms with Crippen molar-refractivity contribution in [2.24, 2.45) is 5.73 Å². The normalized spacial score (nSPS) is 13.9. The quantitative estimate of drug-likeness (QED) is 0.706. The molecule has 11 heavy (non-hydrogen) atoms. The molecule has 1 aromatic rings. The molecule has 0 spiro atoms. The summed E-state index contributed by atoms with van der Waals surface area (Å²) in [6, 6.07) is -0.109. The van der Waals surface area contributed by atoms with E-state index in [0.717, 1.165) is 5.69 Å². The molecule has 0 saturated heterocycles. The van der Waals surface area contributed by atoms with Crippen LogP contribution in [0.15, 0.2) is 10.7 Å². The summed E-state index contributed by atoms with van der Waals surface area (Å²) in [7, 11) is 0. The van der Waals surface area contributed by atoms with Crippen LogP contribution in [0.25, 0.3) is 0 Å². The molecule has 0 amide bonds. The van der Waals surface area contributed by atoms with Crippen LogP contribution in [0.5, 0.6) is 0 Å². The first-order chi connectivity index (χ1) is 5.11. The number of nitrogens with two attached hydrogens (primary N) is 1. The van der Waals surface area contributed by atoms with E-state index < -0.39 is 0 Å². The van der Waals surface area contributed by atoms with Gasteiger partial charge in [-0.25, -0.2) is 4.98 Å². The van der Waals surface area contributed by atoms with Crippen molar-refractivity contribution in [3.63, 3.8) is 0 Å². The highest BCUT2D eigenvalue weighted by molar-refractivity contribution is 5.02. The van der Waals surface area contributed by atoms with E-state index in [1.807, 2.05) is 6.92 Å². The van der Waals surface area contributed by atoms with E-state index in [1.165, 1.54) is 0 Å². The fraction of sp³-hybridized carbons (Fsp3) is 0.625. The van der Waals surface area contributed by atoms with Gasteiger partial charge in [0, 0.05) is 0 Å². The van der Waals surface area contributed by atoms with Crippen molar-refractivity contribution in [3.05, 3.63) is 17.8 Å². The summed E-state index contributed by atoms with van der Waals surface area (Å²) in [6.45, 7) is 6.00. The van der Waals surface area contributed by atoms with Crippen LogP contribution in [-0.4, -0.2) is 4.98 Å². The van der Waals surface area contributed by atoms with Crippen LogP contribution in [0, 0.1) is 0 Å². The first-order valence-electron chi connectivity index (χ1n) is 3.82. The molecule has 1 atom stereocenters. The summed E-state index contributed by atoms with van der Waals surface area (Å²) in [6.07, 6.45) is 1.67. The zero-order valence-electron chi connectivity index (χ0n) is 7.16. The van der Waals surface area contributed by atoms with Gasteiger partial charge in [0.25, 0.3) is 0 Å². The number of rotatable bonds is 2. The number of aromatic nitrogens is 1. The van der Waals surface area contributed by atoms with Crippen molar-refractivity contribution in [1.82, 2.24) is 4.98 Å². The molecule has 3 heteroatoms. The molecule has 0 radical (unpaired) electrons. The summed E-state index contributed by atoms with van der Waals surface area (Å²) >= 11 is 0. The second-order valence-corrected chi connectivity index (χ2v) is 3.05. The Hall–Kier alpha value is -0.830. The molecule has 0 aromatic carbocycles. The molecule has 1 rings (SSSR count). The molecule has 1 aromatic heterocycles. The summed E-state index contributed by atoms with van der Waals surface area (Å²) in [5, 5.41) is 0. The van der Waals surface area contributed by atoms with Crippen molar-refractivity contribution >= 4 is 0 Å². The van der Waals surface area contributed by atoms with Gasteiger partial charge in [0.15, 0.2) is 0 Å². The molecule has 0 aliphatic rings. The first kappa shape index (κ1) is 8.27. The number of hydrogen-bond donors (Lipinski definition) is 1. The van der Waals surface area contributed by atoms with E-state index in [-0.39, 0.29) is 6.04 Å². The standard InChI is InChI=1S/C8H14N2O/c1-5(2)7-4-11-8(10-7)6(3)9/h4-6H,9H2,1-3H3/t6-/m0/s1. The lowest BCUT2D eigenvalue weighted by atomic mass is 10.2. The highest BCUT2D eigenvalue weighted by atomic mass is 16.3. The Morgan fingerprint density at radius 3 is 2.36 bits per heavy atom. The fourth-order valence-corrected chi connectivity index (χ4v) is 0.775. The molecular weight excluding hydrogens is 140 g/mol. The highest BCUT2D eigenvalue weighted by Gasteiger charge is 2.09. The van der Waals surface area contributed by atoms with Gasteiger partial charge in [0.2, 0.25) is 5.89 Å². The monoisotopic (exact) mass is 154 g/mol. The van der Waals surface area contributed by atoms with Gasteiger partial charge in [-0.15, -0.1) is 0 Å². The van der Waals surface area contributed by atoms with Crippen LogP contribution < -0.4 is 5.73 Å². The lowest BCUT2D eigenvalue weighted by Crippen LogP contribution is -2.05. The maximum absolute atomic E-state index is 5.57. The van der Waals surface area contributed by atoms with Crippen LogP contribution in [0.3, 0.4) is 0 Å². The smallest absolute Gasteiger partial charge is 0.210 e. The number of nitrogens with zero attached hydrogens (tertiary/aromatic N) is 1. The molecule has 0 fully saturated rings. The predicted molar refractivity (Wildman–Crippen MR) is 43.2 cm³/mol. The summed E-state index contributed by atoms with van der Waals surface area (Å²) in [5.41, 5.74) is 6.54. The van der Waals surface area contributed by atoms with Crippen molar-refractivity contribution < 1.29 is 4.42 Å². The molecule has 62 valence electrons. The lowest BCUT2D eigenvalue weighted by Gasteiger charge is -1.97. The van der Waals surface area contributed by atoms with Crippen LogP contribution in [-0.2, 0) is 0 Å². The molecule has 0 saturated carbocycles. The summed E-state index contributed by atoms with van der Waals surface area (Å²) < 4.78 is 5.15. The molecule has 0 bridgehead atoms. The van der Waals surface area contributed by atoms with Gasteiger partial charge in [-0.2, -0.15) is 0 Å². The van der Waals surface area contributed by atoms with Gasteiger partial charge < -0.3 is 10.2 Å². The van der Waals surface area contributed by atoms with Gasteiger partial charge in [-0.05, 0) is 12.8 Å². The minimum atomic E-state index is -0.109. The van der Waals surface area contributed by atoms with Crippen molar-refractivity contribution in [3.8, 4) is 0 Å². The molecule has 0 aliphatic carbocycles. The molecule has 1 heterocycles. The predicted octanol–water partition coefficient (Wildman–Crippen LogP) is 1.82. The third-order valence-electron chi connectivity index (χ3n) is 1.52. The second kappa shape index (κ2) is 3.05. The topological polar surface area (TPSA) is 52.0 Å². The van der Waals surface area contributed by atoms with Crippen molar-refractivity contribution in [2.75, 3.05) is 0 Å². The van der Waals surface area contributed by atoms with Crippen LogP contribution >= 0.6 is 0 Å². The van der Waals surface area contributed by atoms with Gasteiger partial charge in [0.05, 0.1) is 11.7 Å². The highest BCUT2D eigenvalue weighted by Crippen LogP contribution is 2.15. The zero-order valence-corrected chi connectivity index (χ0v) is 7.16. The van der Waals surface area contributed by atoms with E-state index >= 15 is 0 Å². The van der Waals surface area contributed by atoms with E-state index in [1.54, 1.807) is 6.26 Å². The van der Waals surface area contributed by atoms with Crippen molar-refractivity contribution in [1.29, 1.82) is 0 Å². The average Bonchev–Trinajstić information content (AvgIpc) is 2.33. The molecular formula is C8H14N2O.